The maximum Gasteiger partial charge on any atom is 0.0701 e. The number of rotatable bonds is 4. The molecule has 2 nitrogen and oxygen atoms in total. The fourth-order valence-electron chi connectivity index (χ4n) is 3.16. The molecule has 2 N–H and O–H groups in total. The van der Waals surface area contributed by atoms with E-state index in [4.69, 9.17) is 5.73 Å². The molecule has 102 valence electrons. The Morgan fingerprint density at radius 3 is 2.61 bits per heavy atom. The highest BCUT2D eigenvalue weighted by atomic mass is 79.9. The first-order valence-electron chi connectivity index (χ1n) is 6.51. The van der Waals surface area contributed by atoms with Gasteiger partial charge >= 0.3 is 0 Å². The zero-order valence-electron chi connectivity index (χ0n) is 11.5. The van der Waals surface area contributed by atoms with E-state index < -0.39 is 0 Å². The lowest BCUT2D eigenvalue weighted by atomic mass is 9.87. The maximum atomic E-state index is 6.10. The van der Waals surface area contributed by atoms with Crippen molar-refractivity contribution in [2.75, 3.05) is 13.6 Å². The van der Waals surface area contributed by atoms with E-state index in [1.54, 1.807) is 11.3 Å². The Balaban J connectivity index is 2.09. The van der Waals surface area contributed by atoms with Crippen molar-refractivity contribution in [3.05, 3.63) is 20.8 Å². The highest BCUT2D eigenvalue weighted by Crippen LogP contribution is 2.46. The van der Waals surface area contributed by atoms with E-state index in [-0.39, 0.29) is 5.54 Å². The molecule has 0 spiro atoms. The number of nitrogens with two attached hydrogens (primary N) is 1. The lowest BCUT2D eigenvalue weighted by molar-refractivity contribution is 0.111. The van der Waals surface area contributed by atoms with Crippen LogP contribution in [0.3, 0.4) is 0 Å². The topological polar surface area (TPSA) is 29.3 Å². The van der Waals surface area contributed by atoms with Gasteiger partial charge in [-0.2, -0.15) is 0 Å². The highest BCUT2D eigenvalue weighted by molar-refractivity contribution is 9.11. The first kappa shape index (κ1) is 14.5. The molecule has 1 aliphatic rings. The van der Waals surface area contributed by atoms with Crippen molar-refractivity contribution in [3.63, 3.8) is 0 Å². The lowest BCUT2D eigenvalue weighted by Crippen LogP contribution is -2.50. The van der Waals surface area contributed by atoms with Crippen LogP contribution in [0.25, 0.3) is 0 Å². The minimum absolute atomic E-state index is 0.192. The van der Waals surface area contributed by atoms with Gasteiger partial charge < -0.3 is 5.73 Å². The van der Waals surface area contributed by atoms with Gasteiger partial charge in [0, 0.05) is 18.6 Å². The van der Waals surface area contributed by atoms with Crippen molar-refractivity contribution in [1.82, 2.24) is 4.90 Å². The molecule has 1 unspecified atom stereocenters. The van der Waals surface area contributed by atoms with Crippen molar-refractivity contribution in [2.45, 2.75) is 45.2 Å². The first-order chi connectivity index (χ1) is 8.37. The molecular formula is C14H23BrN2S. The van der Waals surface area contributed by atoms with Crippen LogP contribution in [0.1, 0.15) is 38.7 Å². The van der Waals surface area contributed by atoms with Crippen LogP contribution in [-0.4, -0.2) is 24.0 Å². The van der Waals surface area contributed by atoms with Crippen LogP contribution in [0.5, 0.6) is 0 Å². The Morgan fingerprint density at radius 2 is 2.17 bits per heavy atom. The van der Waals surface area contributed by atoms with Crippen LogP contribution in [-0.2, 0) is 6.54 Å². The van der Waals surface area contributed by atoms with Crippen molar-refractivity contribution < 1.29 is 0 Å². The lowest BCUT2D eigenvalue weighted by Gasteiger charge is -2.39. The van der Waals surface area contributed by atoms with Gasteiger partial charge in [-0.15, -0.1) is 11.3 Å². The van der Waals surface area contributed by atoms with E-state index in [2.05, 4.69) is 53.2 Å². The van der Waals surface area contributed by atoms with Crippen molar-refractivity contribution in [1.29, 1.82) is 0 Å². The molecule has 1 heterocycles. The minimum Gasteiger partial charge on any atom is -0.329 e. The summed E-state index contributed by atoms with van der Waals surface area (Å²) in [7, 11) is 2.22. The molecule has 1 saturated carbocycles. The zero-order chi connectivity index (χ0) is 13.4. The SMILES string of the molecule is CN(Cc1csc(Br)c1)C1(CN)CCC(C)(C)C1. The molecule has 1 aromatic rings. The summed E-state index contributed by atoms with van der Waals surface area (Å²) in [5.74, 6) is 0. The summed E-state index contributed by atoms with van der Waals surface area (Å²) in [6.45, 7) is 6.48. The van der Waals surface area contributed by atoms with Gasteiger partial charge in [-0.3, -0.25) is 4.90 Å². The van der Waals surface area contributed by atoms with E-state index in [0.29, 0.717) is 5.41 Å². The zero-order valence-corrected chi connectivity index (χ0v) is 13.9. The molecule has 1 aromatic heterocycles. The summed E-state index contributed by atoms with van der Waals surface area (Å²) < 4.78 is 1.21. The Kier molecular flexibility index (Phi) is 4.22. The summed E-state index contributed by atoms with van der Waals surface area (Å²) in [5, 5.41) is 2.23. The van der Waals surface area contributed by atoms with Crippen LogP contribution in [0.2, 0.25) is 0 Å². The standard InChI is InChI=1S/C14H23BrN2S/c1-13(2)4-5-14(9-13,10-16)17(3)7-11-6-12(15)18-8-11/h6,8H,4-5,7,9-10,16H2,1-3H3. The Bertz CT molecular complexity index is 416. The molecule has 4 heteroatoms. The largest absolute Gasteiger partial charge is 0.329 e. The van der Waals surface area contributed by atoms with Gasteiger partial charge in [-0.05, 0) is 64.7 Å². The summed E-state index contributed by atoms with van der Waals surface area (Å²) in [4.78, 5) is 2.47. The highest BCUT2D eigenvalue weighted by Gasteiger charge is 2.44. The molecular weight excluding hydrogens is 308 g/mol. The molecule has 2 rings (SSSR count). The van der Waals surface area contributed by atoms with Crippen LogP contribution in [0, 0.1) is 5.41 Å². The van der Waals surface area contributed by atoms with E-state index in [9.17, 15) is 0 Å². The van der Waals surface area contributed by atoms with Crippen LogP contribution >= 0.6 is 27.3 Å². The van der Waals surface area contributed by atoms with Crippen LogP contribution in [0.15, 0.2) is 15.2 Å². The second kappa shape index (κ2) is 5.23. The van der Waals surface area contributed by atoms with E-state index in [0.717, 1.165) is 13.1 Å². The third-order valence-electron chi connectivity index (χ3n) is 4.31. The third kappa shape index (κ3) is 2.98. The number of nitrogens with zero attached hydrogens (tertiary/aromatic N) is 1. The molecule has 0 aliphatic heterocycles. The molecule has 0 radical (unpaired) electrons. The smallest absolute Gasteiger partial charge is 0.0701 e. The van der Waals surface area contributed by atoms with Crippen LogP contribution in [0.4, 0.5) is 0 Å². The van der Waals surface area contributed by atoms with Crippen molar-refractivity contribution in [3.8, 4) is 0 Å². The second-order valence-electron chi connectivity index (χ2n) is 6.38. The number of hydrogen-bond acceptors (Lipinski definition) is 3. The van der Waals surface area contributed by atoms with Gasteiger partial charge in [0.15, 0.2) is 0 Å². The number of halogens is 1. The molecule has 0 amide bonds. The molecule has 1 aliphatic carbocycles. The normalized spacial score (nSPS) is 27.0. The van der Waals surface area contributed by atoms with Crippen molar-refractivity contribution in [2.24, 2.45) is 11.1 Å². The molecule has 0 bridgehead atoms. The van der Waals surface area contributed by atoms with Gasteiger partial charge in [0.05, 0.1) is 3.79 Å². The minimum atomic E-state index is 0.192. The van der Waals surface area contributed by atoms with E-state index >= 15 is 0 Å². The average Bonchev–Trinajstić information content (AvgIpc) is 2.83. The molecule has 18 heavy (non-hydrogen) atoms. The Morgan fingerprint density at radius 1 is 1.44 bits per heavy atom. The third-order valence-corrected chi connectivity index (χ3v) is 5.86. The Hall–Kier alpha value is 0.1000. The predicted octanol–water partition coefficient (Wildman–Crippen LogP) is 3.85. The predicted molar refractivity (Wildman–Crippen MR) is 82.9 cm³/mol. The van der Waals surface area contributed by atoms with Crippen LogP contribution < -0.4 is 5.73 Å². The average molecular weight is 331 g/mol. The van der Waals surface area contributed by atoms with Gasteiger partial charge in [-0.25, -0.2) is 0 Å². The molecule has 1 atom stereocenters. The molecule has 1 fully saturated rings. The summed E-state index contributed by atoms with van der Waals surface area (Å²) in [6, 6.07) is 2.21. The molecule has 0 aromatic carbocycles. The molecule has 0 saturated heterocycles. The fourth-order valence-corrected chi connectivity index (χ4v) is 4.37. The van der Waals surface area contributed by atoms with Gasteiger partial charge in [0.1, 0.15) is 0 Å². The van der Waals surface area contributed by atoms with E-state index in [1.165, 1.54) is 28.6 Å². The van der Waals surface area contributed by atoms with Gasteiger partial charge in [0.2, 0.25) is 0 Å². The number of likely N-dealkylation sites (N-methyl/N-ethyl adjacent to an activating group) is 1. The van der Waals surface area contributed by atoms with Crippen molar-refractivity contribution >= 4 is 27.3 Å². The monoisotopic (exact) mass is 330 g/mol. The Labute approximate surface area is 123 Å². The maximum absolute atomic E-state index is 6.10. The number of thiophene rings is 1. The number of hydrogen-bond donors (Lipinski definition) is 1. The second-order valence-corrected chi connectivity index (χ2v) is 8.68. The van der Waals surface area contributed by atoms with Gasteiger partial charge in [0.25, 0.3) is 0 Å². The fraction of sp³-hybridized carbons (Fsp3) is 0.714. The summed E-state index contributed by atoms with van der Waals surface area (Å²) in [6.07, 6.45) is 3.71. The summed E-state index contributed by atoms with van der Waals surface area (Å²) >= 11 is 5.28. The summed E-state index contributed by atoms with van der Waals surface area (Å²) in [5.41, 5.74) is 8.11. The van der Waals surface area contributed by atoms with E-state index in [1.807, 2.05) is 0 Å². The first-order valence-corrected chi connectivity index (χ1v) is 8.18. The quantitative estimate of drug-likeness (QED) is 0.908. The van der Waals surface area contributed by atoms with Gasteiger partial charge in [-0.1, -0.05) is 13.8 Å².